The van der Waals surface area contributed by atoms with Gasteiger partial charge in [0.05, 0.1) is 0 Å². The standard InChI is InChI=1S/C13H12N4O2/c1-7(8-5-3-2-4-6-8)10-14-9-11(15-10)16-13(19)17-12(9)18/h2-7H,1H3,(H3,14,15,16,17,18,19). The highest BCUT2D eigenvalue weighted by Crippen LogP contribution is 2.21. The highest BCUT2D eigenvalue weighted by Gasteiger charge is 2.14. The number of rotatable bonds is 2. The topological polar surface area (TPSA) is 94.4 Å². The van der Waals surface area contributed by atoms with Gasteiger partial charge in [-0.15, -0.1) is 0 Å². The Kier molecular flexibility index (Phi) is 2.56. The lowest BCUT2D eigenvalue weighted by molar-refractivity contribution is 0.844. The molecule has 2 aromatic heterocycles. The van der Waals surface area contributed by atoms with Gasteiger partial charge in [0.15, 0.2) is 5.65 Å². The zero-order valence-electron chi connectivity index (χ0n) is 10.2. The van der Waals surface area contributed by atoms with Crippen LogP contribution in [0.25, 0.3) is 11.2 Å². The van der Waals surface area contributed by atoms with Gasteiger partial charge in [0.1, 0.15) is 11.3 Å². The van der Waals surface area contributed by atoms with Crippen LogP contribution in [0.3, 0.4) is 0 Å². The average Bonchev–Trinajstić information content (AvgIpc) is 2.83. The van der Waals surface area contributed by atoms with Gasteiger partial charge in [-0.2, -0.15) is 0 Å². The number of imidazole rings is 1. The molecule has 0 spiro atoms. The summed E-state index contributed by atoms with van der Waals surface area (Å²) in [5.41, 5.74) is 0.643. The number of H-pyrrole nitrogens is 3. The number of nitrogens with one attached hydrogen (secondary N) is 3. The SMILES string of the molecule is CC(c1ccccc1)c1nc2[nH]c(=O)[nH]c(=O)c2[nH]1. The van der Waals surface area contributed by atoms with Crippen molar-refractivity contribution in [3.63, 3.8) is 0 Å². The molecule has 2 heterocycles. The van der Waals surface area contributed by atoms with Crippen LogP contribution in [0.2, 0.25) is 0 Å². The highest BCUT2D eigenvalue weighted by atomic mass is 16.2. The monoisotopic (exact) mass is 256 g/mol. The Labute approximate surface area is 107 Å². The maximum atomic E-state index is 11.6. The molecule has 96 valence electrons. The molecule has 0 aliphatic heterocycles. The Morgan fingerprint density at radius 2 is 1.79 bits per heavy atom. The maximum Gasteiger partial charge on any atom is 0.327 e. The van der Waals surface area contributed by atoms with Crippen LogP contribution < -0.4 is 11.2 Å². The van der Waals surface area contributed by atoms with Crippen molar-refractivity contribution in [1.82, 2.24) is 19.9 Å². The van der Waals surface area contributed by atoms with Crippen molar-refractivity contribution in [2.45, 2.75) is 12.8 Å². The number of nitrogens with zero attached hydrogens (tertiary/aromatic N) is 1. The van der Waals surface area contributed by atoms with Crippen LogP contribution in [0.1, 0.15) is 24.2 Å². The van der Waals surface area contributed by atoms with E-state index in [9.17, 15) is 9.59 Å². The first-order chi connectivity index (χ1) is 9.15. The summed E-state index contributed by atoms with van der Waals surface area (Å²) in [4.78, 5) is 34.7. The van der Waals surface area contributed by atoms with Crippen molar-refractivity contribution in [1.29, 1.82) is 0 Å². The van der Waals surface area contributed by atoms with Crippen LogP contribution in [0, 0.1) is 0 Å². The number of benzene rings is 1. The van der Waals surface area contributed by atoms with E-state index in [-0.39, 0.29) is 17.1 Å². The number of hydrogen-bond donors (Lipinski definition) is 3. The number of hydrogen-bond acceptors (Lipinski definition) is 3. The zero-order valence-corrected chi connectivity index (χ0v) is 10.2. The van der Waals surface area contributed by atoms with Crippen molar-refractivity contribution >= 4 is 11.2 Å². The van der Waals surface area contributed by atoms with Gasteiger partial charge in [0.25, 0.3) is 5.56 Å². The van der Waals surface area contributed by atoms with Gasteiger partial charge in [0.2, 0.25) is 0 Å². The molecule has 1 unspecified atom stereocenters. The molecule has 0 aliphatic rings. The number of fused-ring (bicyclic) bond motifs is 1. The largest absolute Gasteiger partial charge is 0.336 e. The molecular formula is C13H12N4O2. The zero-order chi connectivity index (χ0) is 13.4. The summed E-state index contributed by atoms with van der Waals surface area (Å²) in [7, 11) is 0. The quantitative estimate of drug-likeness (QED) is 0.640. The Balaban J connectivity index is 2.14. The molecule has 3 rings (SSSR count). The molecule has 0 bridgehead atoms. The molecule has 0 radical (unpaired) electrons. The Morgan fingerprint density at radius 3 is 2.53 bits per heavy atom. The van der Waals surface area contributed by atoms with Gasteiger partial charge in [-0.05, 0) is 5.56 Å². The van der Waals surface area contributed by atoms with Crippen LogP contribution >= 0.6 is 0 Å². The second kappa shape index (κ2) is 4.24. The lowest BCUT2D eigenvalue weighted by Gasteiger charge is -2.07. The van der Waals surface area contributed by atoms with E-state index >= 15 is 0 Å². The fourth-order valence-electron chi connectivity index (χ4n) is 2.06. The molecule has 1 atom stereocenters. The van der Waals surface area contributed by atoms with Crippen molar-refractivity contribution < 1.29 is 0 Å². The Hall–Kier alpha value is -2.63. The summed E-state index contributed by atoms with van der Waals surface area (Å²) in [6.07, 6.45) is 0. The third-order valence-corrected chi connectivity index (χ3v) is 3.12. The second-order valence-electron chi connectivity index (χ2n) is 4.39. The van der Waals surface area contributed by atoms with Gasteiger partial charge in [-0.25, -0.2) is 9.78 Å². The van der Waals surface area contributed by atoms with E-state index in [0.717, 1.165) is 5.56 Å². The molecule has 3 aromatic rings. The Bertz CT molecular complexity index is 829. The fraction of sp³-hybridized carbons (Fsp3) is 0.154. The van der Waals surface area contributed by atoms with Gasteiger partial charge in [0, 0.05) is 5.92 Å². The van der Waals surface area contributed by atoms with Gasteiger partial charge in [-0.1, -0.05) is 37.3 Å². The first-order valence-corrected chi connectivity index (χ1v) is 5.92. The summed E-state index contributed by atoms with van der Waals surface area (Å²) in [5.74, 6) is 0.657. The average molecular weight is 256 g/mol. The van der Waals surface area contributed by atoms with E-state index in [0.29, 0.717) is 5.82 Å². The van der Waals surface area contributed by atoms with Gasteiger partial charge in [-0.3, -0.25) is 14.8 Å². The molecule has 3 N–H and O–H groups in total. The van der Waals surface area contributed by atoms with Crippen LogP contribution in [0.15, 0.2) is 39.9 Å². The predicted octanol–water partition coefficient (Wildman–Crippen LogP) is 1.09. The molecular weight excluding hydrogens is 244 g/mol. The van der Waals surface area contributed by atoms with Crippen LogP contribution in [-0.2, 0) is 0 Å². The van der Waals surface area contributed by atoms with Crippen molar-refractivity contribution in [2.75, 3.05) is 0 Å². The minimum Gasteiger partial charge on any atom is -0.336 e. The van der Waals surface area contributed by atoms with Gasteiger partial charge < -0.3 is 4.98 Å². The molecule has 6 heteroatoms. The van der Waals surface area contributed by atoms with Crippen molar-refractivity contribution in [3.05, 3.63) is 62.6 Å². The molecule has 0 aliphatic carbocycles. The van der Waals surface area contributed by atoms with E-state index in [1.165, 1.54) is 0 Å². The fourth-order valence-corrected chi connectivity index (χ4v) is 2.06. The predicted molar refractivity (Wildman–Crippen MR) is 71.3 cm³/mol. The van der Waals surface area contributed by atoms with E-state index in [2.05, 4.69) is 19.9 Å². The maximum absolute atomic E-state index is 11.6. The molecule has 6 nitrogen and oxygen atoms in total. The minimum absolute atomic E-state index is 0.0107. The molecule has 0 saturated heterocycles. The first kappa shape index (κ1) is 11.5. The third-order valence-electron chi connectivity index (χ3n) is 3.12. The highest BCUT2D eigenvalue weighted by molar-refractivity contribution is 5.68. The van der Waals surface area contributed by atoms with Crippen LogP contribution in [0.5, 0.6) is 0 Å². The van der Waals surface area contributed by atoms with Crippen LogP contribution in [0.4, 0.5) is 0 Å². The number of aromatic amines is 3. The van der Waals surface area contributed by atoms with Crippen LogP contribution in [-0.4, -0.2) is 19.9 Å². The normalized spacial score (nSPS) is 12.7. The van der Waals surface area contributed by atoms with Crippen molar-refractivity contribution in [3.8, 4) is 0 Å². The van der Waals surface area contributed by atoms with Gasteiger partial charge >= 0.3 is 5.69 Å². The smallest absolute Gasteiger partial charge is 0.327 e. The molecule has 0 fully saturated rings. The molecule has 19 heavy (non-hydrogen) atoms. The summed E-state index contributed by atoms with van der Waals surface area (Å²) in [6.45, 7) is 1.99. The lowest BCUT2D eigenvalue weighted by Crippen LogP contribution is -2.21. The lowest BCUT2D eigenvalue weighted by atomic mass is 10.0. The van der Waals surface area contributed by atoms with Crippen molar-refractivity contribution in [2.24, 2.45) is 0 Å². The third kappa shape index (κ3) is 1.97. The summed E-state index contributed by atoms with van der Waals surface area (Å²) < 4.78 is 0. The van der Waals surface area contributed by atoms with E-state index in [1.54, 1.807) is 0 Å². The second-order valence-corrected chi connectivity index (χ2v) is 4.39. The van der Waals surface area contributed by atoms with E-state index in [1.807, 2.05) is 37.3 Å². The molecule has 0 amide bonds. The number of aromatic nitrogens is 4. The molecule has 0 saturated carbocycles. The summed E-state index contributed by atoms with van der Waals surface area (Å²) >= 11 is 0. The van der Waals surface area contributed by atoms with E-state index in [4.69, 9.17) is 0 Å². The first-order valence-electron chi connectivity index (χ1n) is 5.92. The molecule has 1 aromatic carbocycles. The summed E-state index contributed by atoms with van der Waals surface area (Å²) in [5, 5.41) is 0. The summed E-state index contributed by atoms with van der Waals surface area (Å²) in [6, 6.07) is 9.82. The van der Waals surface area contributed by atoms with E-state index < -0.39 is 11.2 Å². The Morgan fingerprint density at radius 1 is 1.05 bits per heavy atom. The minimum atomic E-state index is -0.553.